The van der Waals surface area contributed by atoms with E-state index in [1.54, 1.807) is 0 Å². The molecule has 2 heterocycles. The molecule has 4 rings (SSSR count). The molecule has 2 amide bonds. The van der Waals surface area contributed by atoms with E-state index in [2.05, 4.69) is 100 Å². The van der Waals surface area contributed by atoms with Crippen molar-refractivity contribution in [1.82, 2.24) is 25.0 Å². The summed E-state index contributed by atoms with van der Waals surface area (Å²) in [5.74, 6) is 3.36. The highest BCUT2D eigenvalue weighted by Gasteiger charge is 2.41. The van der Waals surface area contributed by atoms with Gasteiger partial charge >= 0.3 is 6.03 Å². The summed E-state index contributed by atoms with van der Waals surface area (Å²) in [6.45, 7) is 14.7. The van der Waals surface area contributed by atoms with Crippen LogP contribution in [0.4, 0.5) is 4.79 Å². The van der Waals surface area contributed by atoms with Crippen LogP contribution < -0.4 is 5.32 Å². The number of nitrogens with zero attached hydrogens (tertiary/aromatic N) is 4. The first-order chi connectivity index (χ1) is 17.2. The third kappa shape index (κ3) is 5.94. The quantitative estimate of drug-likeness (QED) is 0.380. The van der Waals surface area contributed by atoms with Crippen LogP contribution in [0.3, 0.4) is 0 Å². The average Bonchev–Trinajstić information content (AvgIpc) is 3.49. The minimum absolute atomic E-state index is 0.0312. The SMILES string of the molecule is CCSc1ccc(CNC(=O)N2CC(c3ccccc3)C(c3nc(C(C)C)nn3C(C)(C)C)C2)cc1. The Bertz CT molecular complexity index is 1150. The van der Waals surface area contributed by atoms with Gasteiger partial charge in [0.1, 0.15) is 5.82 Å². The molecule has 7 heteroatoms. The van der Waals surface area contributed by atoms with Gasteiger partial charge in [-0.2, -0.15) is 5.10 Å². The summed E-state index contributed by atoms with van der Waals surface area (Å²) in [5, 5.41) is 8.05. The maximum absolute atomic E-state index is 13.3. The number of urea groups is 1. The first kappa shape index (κ1) is 26.3. The Morgan fingerprint density at radius 1 is 1.06 bits per heavy atom. The van der Waals surface area contributed by atoms with Crippen molar-refractivity contribution in [3.63, 3.8) is 0 Å². The van der Waals surface area contributed by atoms with Gasteiger partial charge in [0.15, 0.2) is 5.82 Å². The molecule has 6 nitrogen and oxygen atoms in total. The lowest BCUT2D eigenvalue weighted by atomic mass is 9.88. The highest BCUT2D eigenvalue weighted by atomic mass is 32.2. The number of carbonyl (C=O) groups is 1. The fraction of sp³-hybridized carbons (Fsp3) is 0.483. The average molecular weight is 506 g/mol. The fourth-order valence-electron chi connectivity index (χ4n) is 4.75. The number of likely N-dealkylation sites (tertiary alicyclic amines) is 1. The molecule has 0 aliphatic carbocycles. The summed E-state index contributed by atoms with van der Waals surface area (Å²) < 4.78 is 2.08. The van der Waals surface area contributed by atoms with E-state index in [9.17, 15) is 4.79 Å². The Morgan fingerprint density at radius 2 is 1.72 bits per heavy atom. The molecule has 2 aromatic carbocycles. The van der Waals surface area contributed by atoms with Crippen LogP contribution in [0.25, 0.3) is 0 Å². The molecule has 192 valence electrons. The molecule has 2 unspecified atom stereocenters. The Balaban J connectivity index is 1.57. The van der Waals surface area contributed by atoms with Crippen LogP contribution in [0, 0.1) is 0 Å². The summed E-state index contributed by atoms with van der Waals surface area (Å²) in [7, 11) is 0. The summed E-state index contributed by atoms with van der Waals surface area (Å²) in [5.41, 5.74) is 2.14. The molecule has 1 saturated heterocycles. The second-order valence-corrected chi connectivity index (χ2v) is 12.2. The van der Waals surface area contributed by atoms with E-state index in [1.807, 2.05) is 22.7 Å². The predicted octanol–water partition coefficient (Wildman–Crippen LogP) is 6.36. The second kappa shape index (κ2) is 11.1. The van der Waals surface area contributed by atoms with Gasteiger partial charge in [0.25, 0.3) is 0 Å². The maximum Gasteiger partial charge on any atom is 0.317 e. The molecule has 0 spiro atoms. The van der Waals surface area contributed by atoms with Gasteiger partial charge in [-0.1, -0.05) is 63.2 Å². The fourth-order valence-corrected chi connectivity index (χ4v) is 5.41. The van der Waals surface area contributed by atoms with Crippen molar-refractivity contribution in [2.45, 2.75) is 76.3 Å². The molecular weight excluding hydrogens is 466 g/mol. The molecule has 1 fully saturated rings. The van der Waals surface area contributed by atoms with E-state index in [1.165, 1.54) is 10.5 Å². The lowest BCUT2D eigenvalue weighted by Crippen LogP contribution is -2.38. The minimum atomic E-state index is -0.200. The number of amides is 2. The lowest BCUT2D eigenvalue weighted by Gasteiger charge is -2.25. The Kier molecular flexibility index (Phi) is 8.08. The highest BCUT2D eigenvalue weighted by Crippen LogP contribution is 2.40. The number of thioether (sulfide) groups is 1. The zero-order chi connectivity index (χ0) is 25.9. The summed E-state index contributed by atoms with van der Waals surface area (Å²) in [4.78, 5) is 21.5. The van der Waals surface area contributed by atoms with Crippen molar-refractivity contribution in [2.75, 3.05) is 18.8 Å². The number of hydrogen-bond donors (Lipinski definition) is 1. The third-order valence-corrected chi connectivity index (χ3v) is 7.54. The highest BCUT2D eigenvalue weighted by molar-refractivity contribution is 7.99. The molecule has 0 bridgehead atoms. The normalized spacial score (nSPS) is 18.1. The monoisotopic (exact) mass is 505 g/mol. The van der Waals surface area contributed by atoms with Gasteiger partial charge in [-0.3, -0.25) is 0 Å². The van der Waals surface area contributed by atoms with Crippen LogP contribution in [0.2, 0.25) is 0 Å². The summed E-state index contributed by atoms with van der Waals surface area (Å²) in [6, 6.07) is 18.9. The lowest BCUT2D eigenvalue weighted by molar-refractivity contribution is 0.207. The first-order valence-electron chi connectivity index (χ1n) is 12.9. The van der Waals surface area contributed by atoms with E-state index < -0.39 is 0 Å². The zero-order valence-electron chi connectivity index (χ0n) is 22.4. The van der Waals surface area contributed by atoms with E-state index >= 15 is 0 Å². The van der Waals surface area contributed by atoms with Crippen molar-refractivity contribution in [3.8, 4) is 0 Å². The van der Waals surface area contributed by atoms with Crippen LogP contribution in [0.5, 0.6) is 0 Å². The van der Waals surface area contributed by atoms with Crippen LogP contribution in [-0.2, 0) is 12.1 Å². The molecule has 1 aliphatic rings. The van der Waals surface area contributed by atoms with E-state index in [0.29, 0.717) is 19.6 Å². The Morgan fingerprint density at radius 3 is 2.33 bits per heavy atom. The van der Waals surface area contributed by atoms with Crippen molar-refractivity contribution < 1.29 is 4.79 Å². The van der Waals surface area contributed by atoms with Gasteiger partial charge in [0, 0.05) is 42.3 Å². The maximum atomic E-state index is 13.3. The molecule has 1 aromatic heterocycles. The smallest absolute Gasteiger partial charge is 0.317 e. The molecule has 1 N–H and O–H groups in total. The molecule has 2 atom stereocenters. The largest absolute Gasteiger partial charge is 0.334 e. The molecular formula is C29H39N5OS. The van der Waals surface area contributed by atoms with Gasteiger partial charge in [-0.15, -0.1) is 11.8 Å². The zero-order valence-corrected chi connectivity index (χ0v) is 23.2. The number of rotatable bonds is 7. The van der Waals surface area contributed by atoms with Gasteiger partial charge in [0.05, 0.1) is 5.54 Å². The van der Waals surface area contributed by atoms with E-state index in [0.717, 1.165) is 23.0 Å². The summed E-state index contributed by atoms with van der Waals surface area (Å²) in [6.07, 6.45) is 0. The number of nitrogens with one attached hydrogen (secondary N) is 1. The van der Waals surface area contributed by atoms with Crippen molar-refractivity contribution in [3.05, 3.63) is 77.4 Å². The number of hydrogen-bond acceptors (Lipinski definition) is 4. The van der Waals surface area contributed by atoms with Gasteiger partial charge in [-0.25, -0.2) is 14.5 Å². The second-order valence-electron chi connectivity index (χ2n) is 10.8. The Labute approximate surface area is 219 Å². The van der Waals surface area contributed by atoms with Crippen molar-refractivity contribution in [2.24, 2.45) is 0 Å². The topological polar surface area (TPSA) is 63.1 Å². The Hall–Kier alpha value is -2.80. The van der Waals surface area contributed by atoms with Crippen LogP contribution in [-0.4, -0.2) is 44.5 Å². The number of aromatic nitrogens is 3. The van der Waals surface area contributed by atoms with Crippen LogP contribution in [0.1, 0.15) is 82.1 Å². The van der Waals surface area contributed by atoms with E-state index in [-0.39, 0.29) is 29.3 Å². The molecule has 0 radical (unpaired) electrons. The molecule has 36 heavy (non-hydrogen) atoms. The van der Waals surface area contributed by atoms with Crippen LogP contribution in [0.15, 0.2) is 59.5 Å². The minimum Gasteiger partial charge on any atom is -0.334 e. The van der Waals surface area contributed by atoms with Gasteiger partial charge in [0.2, 0.25) is 0 Å². The standard InChI is InChI=1S/C29H39N5OS/c1-7-36-23-15-13-21(14-16-23)17-30-28(35)33-18-24(22-11-9-8-10-12-22)25(19-33)27-31-26(20(2)3)32-34(27)29(4,5)6/h8-16,20,24-25H,7,17-19H2,1-6H3,(H,30,35). The third-order valence-electron chi connectivity index (χ3n) is 6.64. The number of carbonyl (C=O) groups excluding carboxylic acids is 1. The molecule has 3 aromatic rings. The molecule has 0 saturated carbocycles. The number of benzene rings is 2. The van der Waals surface area contributed by atoms with E-state index in [4.69, 9.17) is 10.1 Å². The summed E-state index contributed by atoms with van der Waals surface area (Å²) >= 11 is 1.82. The van der Waals surface area contributed by atoms with Gasteiger partial charge in [-0.05, 0) is 49.8 Å². The molecule has 1 aliphatic heterocycles. The van der Waals surface area contributed by atoms with Crippen LogP contribution >= 0.6 is 11.8 Å². The van der Waals surface area contributed by atoms with Gasteiger partial charge < -0.3 is 10.2 Å². The van der Waals surface area contributed by atoms with Crippen molar-refractivity contribution in [1.29, 1.82) is 0 Å². The predicted molar refractivity (Wildman–Crippen MR) is 148 cm³/mol. The van der Waals surface area contributed by atoms with Crippen molar-refractivity contribution >= 4 is 17.8 Å². The first-order valence-corrected chi connectivity index (χ1v) is 13.9.